The second kappa shape index (κ2) is 8.12. The molecular weight excluding hydrogens is 332 g/mol. The molecule has 0 N–H and O–H groups in total. The average molecular weight is 356 g/mol. The summed E-state index contributed by atoms with van der Waals surface area (Å²) < 4.78 is 6.89. The lowest BCUT2D eigenvalue weighted by atomic mass is 9.99. The van der Waals surface area contributed by atoms with Crippen molar-refractivity contribution in [3.63, 3.8) is 0 Å². The van der Waals surface area contributed by atoms with Crippen molar-refractivity contribution in [2.24, 2.45) is 5.92 Å². The van der Waals surface area contributed by atoms with Crippen molar-refractivity contribution >= 4 is 11.9 Å². The maximum Gasteiger partial charge on any atom is 0.342 e. The Hall–Kier alpha value is -2.70. The second-order valence-corrected chi connectivity index (χ2v) is 6.60. The van der Waals surface area contributed by atoms with Gasteiger partial charge in [0.05, 0.1) is 11.9 Å². The number of carbonyl (C=O) groups is 2. The molecule has 2 aromatic heterocycles. The first-order valence-corrected chi connectivity index (χ1v) is 9.03. The van der Waals surface area contributed by atoms with Gasteiger partial charge in [-0.05, 0) is 37.3 Å². The highest BCUT2D eigenvalue weighted by Gasteiger charge is 2.23. The Morgan fingerprint density at radius 1 is 1.27 bits per heavy atom. The van der Waals surface area contributed by atoms with Gasteiger partial charge in [-0.3, -0.25) is 4.79 Å². The molecule has 3 rings (SSSR count). The molecule has 0 atom stereocenters. The number of esters is 1. The molecule has 0 unspecified atom stereocenters. The van der Waals surface area contributed by atoms with Crippen molar-refractivity contribution in [2.75, 3.05) is 19.7 Å². The van der Waals surface area contributed by atoms with Crippen LogP contribution in [-0.2, 0) is 16.0 Å². The lowest BCUT2D eigenvalue weighted by Gasteiger charge is -2.30. The summed E-state index contributed by atoms with van der Waals surface area (Å²) in [5, 5.41) is 4.26. The lowest BCUT2D eigenvalue weighted by Crippen LogP contribution is -2.40. The third kappa shape index (κ3) is 3.92. The van der Waals surface area contributed by atoms with Crippen molar-refractivity contribution in [1.82, 2.24) is 19.7 Å². The minimum absolute atomic E-state index is 0.139. The SMILES string of the molecule is CCc1c(C(=O)OCC(=O)N2CCC(C)CC2)cnn1-c1ccccn1. The minimum Gasteiger partial charge on any atom is -0.452 e. The fraction of sp³-hybridized carbons (Fsp3) is 0.474. The van der Waals surface area contributed by atoms with Crippen LogP contribution in [0.2, 0.25) is 0 Å². The molecule has 0 bridgehead atoms. The Labute approximate surface area is 153 Å². The number of piperidine rings is 1. The molecule has 7 nitrogen and oxygen atoms in total. The number of aromatic nitrogens is 3. The van der Waals surface area contributed by atoms with Crippen LogP contribution in [0.25, 0.3) is 5.82 Å². The Morgan fingerprint density at radius 3 is 2.69 bits per heavy atom. The summed E-state index contributed by atoms with van der Waals surface area (Å²) in [4.78, 5) is 30.7. The van der Waals surface area contributed by atoms with E-state index in [2.05, 4.69) is 17.0 Å². The number of pyridine rings is 1. The number of hydrogen-bond donors (Lipinski definition) is 0. The summed E-state index contributed by atoms with van der Waals surface area (Å²) in [5.74, 6) is 0.622. The van der Waals surface area contributed by atoms with Crippen molar-refractivity contribution in [3.05, 3.63) is 41.9 Å². The van der Waals surface area contributed by atoms with Crippen LogP contribution in [-0.4, -0.2) is 51.2 Å². The first-order chi connectivity index (χ1) is 12.6. The number of nitrogens with zero attached hydrogens (tertiary/aromatic N) is 4. The zero-order chi connectivity index (χ0) is 18.5. The molecule has 1 saturated heterocycles. The van der Waals surface area contributed by atoms with Crippen molar-refractivity contribution in [3.8, 4) is 5.82 Å². The largest absolute Gasteiger partial charge is 0.452 e. The molecule has 1 amide bonds. The van der Waals surface area contributed by atoms with Gasteiger partial charge < -0.3 is 9.64 Å². The molecule has 26 heavy (non-hydrogen) atoms. The molecule has 0 saturated carbocycles. The van der Waals surface area contributed by atoms with Crippen LogP contribution in [0.5, 0.6) is 0 Å². The van der Waals surface area contributed by atoms with E-state index in [0.717, 1.165) is 25.9 Å². The molecule has 0 radical (unpaired) electrons. The fourth-order valence-electron chi connectivity index (χ4n) is 3.12. The predicted octanol–water partition coefficient (Wildman–Crippen LogP) is 2.25. The summed E-state index contributed by atoms with van der Waals surface area (Å²) in [6, 6.07) is 5.50. The Kier molecular flexibility index (Phi) is 5.65. The summed E-state index contributed by atoms with van der Waals surface area (Å²) in [5.41, 5.74) is 1.09. The van der Waals surface area contributed by atoms with E-state index in [1.807, 2.05) is 25.1 Å². The van der Waals surface area contributed by atoms with Crippen molar-refractivity contribution < 1.29 is 14.3 Å². The second-order valence-electron chi connectivity index (χ2n) is 6.60. The Bertz CT molecular complexity index is 764. The van der Waals surface area contributed by atoms with Crippen molar-refractivity contribution in [2.45, 2.75) is 33.1 Å². The standard InChI is InChI=1S/C19H24N4O3/c1-3-16-15(12-21-23(16)17-6-4-5-9-20-17)19(25)26-13-18(24)22-10-7-14(2)8-11-22/h4-6,9,12,14H,3,7-8,10-11,13H2,1-2H3. The van der Waals surface area contributed by atoms with Gasteiger partial charge in [0, 0.05) is 19.3 Å². The van der Waals surface area contributed by atoms with E-state index in [1.165, 1.54) is 6.20 Å². The third-order valence-corrected chi connectivity index (χ3v) is 4.75. The predicted molar refractivity (Wildman–Crippen MR) is 96.0 cm³/mol. The zero-order valence-corrected chi connectivity index (χ0v) is 15.2. The van der Waals surface area contributed by atoms with Gasteiger partial charge in [0.25, 0.3) is 5.91 Å². The maximum absolute atomic E-state index is 12.4. The molecule has 0 aliphatic carbocycles. The zero-order valence-electron chi connectivity index (χ0n) is 15.2. The maximum atomic E-state index is 12.4. The van der Waals surface area contributed by atoms with Gasteiger partial charge >= 0.3 is 5.97 Å². The Balaban J connectivity index is 1.65. The van der Waals surface area contributed by atoms with Gasteiger partial charge in [-0.2, -0.15) is 5.10 Å². The smallest absolute Gasteiger partial charge is 0.342 e. The third-order valence-electron chi connectivity index (χ3n) is 4.75. The molecule has 1 aliphatic rings. The highest BCUT2D eigenvalue weighted by Crippen LogP contribution is 2.17. The fourth-order valence-corrected chi connectivity index (χ4v) is 3.12. The van der Waals surface area contributed by atoms with Gasteiger partial charge in [0.1, 0.15) is 5.56 Å². The molecule has 7 heteroatoms. The monoisotopic (exact) mass is 356 g/mol. The van der Waals surface area contributed by atoms with E-state index in [9.17, 15) is 9.59 Å². The van der Waals surface area contributed by atoms with Crippen LogP contribution < -0.4 is 0 Å². The molecule has 138 valence electrons. The van der Waals surface area contributed by atoms with Gasteiger partial charge in [-0.25, -0.2) is 14.5 Å². The van der Waals surface area contributed by atoms with Gasteiger partial charge in [-0.1, -0.05) is 19.9 Å². The molecule has 3 heterocycles. The van der Waals surface area contributed by atoms with E-state index < -0.39 is 5.97 Å². The summed E-state index contributed by atoms with van der Waals surface area (Å²) >= 11 is 0. The van der Waals surface area contributed by atoms with Crippen LogP contribution in [0, 0.1) is 5.92 Å². The minimum atomic E-state index is -0.525. The number of amides is 1. The summed E-state index contributed by atoms with van der Waals surface area (Å²) in [7, 11) is 0. The number of rotatable bonds is 5. The highest BCUT2D eigenvalue weighted by atomic mass is 16.5. The summed E-state index contributed by atoms with van der Waals surface area (Å²) in [6.45, 7) is 5.36. The van der Waals surface area contributed by atoms with Crippen LogP contribution in [0.15, 0.2) is 30.6 Å². The molecule has 1 aliphatic heterocycles. The van der Waals surface area contributed by atoms with E-state index in [-0.39, 0.29) is 12.5 Å². The van der Waals surface area contributed by atoms with Gasteiger partial charge in [-0.15, -0.1) is 0 Å². The Morgan fingerprint density at radius 2 is 2.04 bits per heavy atom. The number of carbonyl (C=O) groups excluding carboxylic acids is 2. The highest BCUT2D eigenvalue weighted by molar-refractivity contribution is 5.92. The topological polar surface area (TPSA) is 77.3 Å². The first kappa shape index (κ1) is 18.1. The number of ether oxygens (including phenoxy) is 1. The van der Waals surface area contributed by atoms with Crippen LogP contribution in [0.4, 0.5) is 0 Å². The quantitative estimate of drug-likeness (QED) is 0.768. The average Bonchev–Trinajstić information content (AvgIpc) is 3.11. The van der Waals surface area contributed by atoms with Gasteiger partial charge in [0.15, 0.2) is 12.4 Å². The molecule has 0 spiro atoms. The van der Waals surface area contributed by atoms with Crippen molar-refractivity contribution in [1.29, 1.82) is 0 Å². The van der Waals surface area contributed by atoms with E-state index >= 15 is 0 Å². The molecule has 1 fully saturated rings. The normalized spacial score (nSPS) is 15.1. The number of hydrogen-bond acceptors (Lipinski definition) is 5. The lowest BCUT2D eigenvalue weighted by molar-refractivity contribution is -0.135. The summed E-state index contributed by atoms with van der Waals surface area (Å²) in [6.07, 6.45) is 5.74. The van der Waals surface area contributed by atoms with Crippen LogP contribution in [0.3, 0.4) is 0 Å². The van der Waals surface area contributed by atoms with Crippen LogP contribution in [0.1, 0.15) is 42.7 Å². The number of likely N-dealkylation sites (tertiary alicyclic amines) is 1. The van der Waals surface area contributed by atoms with E-state index in [4.69, 9.17) is 4.74 Å². The van der Waals surface area contributed by atoms with E-state index in [0.29, 0.717) is 29.4 Å². The molecule has 0 aromatic carbocycles. The van der Waals surface area contributed by atoms with Crippen LogP contribution >= 0.6 is 0 Å². The first-order valence-electron chi connectivity index (χ1n) is 9.03. The molecule has 2 aromatic rings. The molecular formula is C19H24N4O3. The van der Waals surface area contributed by atoms with Gasteiger partial charge in [0.2, 0.25) is 0 Å². The van der Waals surface area contributed by atoms with E-state index in [1.54, 1.807) is 15.8 Å².